The highest BCUT2D eigenvalue weighted by atomic mass is 16.7. The molecule has 0 aromatic carbocycles. The molecule has 0 saturated carbocycles. The lowest BCUT2D eigenvalue weighted by Crippen LogP contribution is -2.41. The molecule has 1 rings (SSSR count). The maximum atomic E-state index is 14.8. The zero-order valence-electron chi connectivity index (χ0n) is 53.0. The van der Waals surface area contributed by atoms with Crippen LogP contribution in [0.2, 0.25) is 0 Å². The fraction of sp³-hybridized carbons (Fsp3) is 0.899. The third-order valence-electron chi connectivity index (χ3n) is 16.6. The van der Waals surface area contributed by atoms with E-state index in [0.717, 1.165) is 218 Å². The van der Waals surface area contributed by atoms with Gasteiger partial charge in [0.2, 0.25) is 11.9 Å². The van der Waals surface area contributed by atoms with Gasteiger partial charge in [-0.1, -0.05) is 306 Å². The van der Waals surface area contributed by atoms with Crippen LogP contribution < -0.4 is 0 Å². The Morgan fingerprint density at radius 2 is 0.595 bits per heavy atom. The molecule has 0 N–H and O–H groups in total. The standard InChI is InChI=1S/C69H126O10/c1-9-17-25-33-37-45-49-57(48-40-29-21-13-5)65(70)75-56-61(76-66(71)58(50-41-30-22-14-6)53-44-36-28-20-12-4)62-63(78-67(72)59(51-42-31-23-15-7)54-46-38-34-26-18-10-2)64(69(74)77-62)79-68(73)60(52-43-32-24-16-8)55-47-39-35-27-19-11-3/h57-62H,9-56H2,1-8H3/t57?,58?,59?,60?,61-,62+/m0/s1. The molecular formula is C69H126O10. The van der Waals surface area contributed by atoms with E-state index in [1.807, 2.05) is 0 Å². The molecule has 79 heavy (non-hydrogen) atoms. The minimum absolute atomic E-state index is 0.245. The molecule has 0 radical (unpaired) electrons. The first-order valence-corrected chi connectivity index (χ1v) is 34.3. The van der Waals surface area contributed by atoms with E-state index in [1.165, 1.54) is 32.1 Å². The third kappa shape index (κ3) is 36.3. The highest BCUT2D eigenvalue weighted by Gasteiger charge is 2.48. The highest BCUT2D eigenvalue weighted by Crippen LogP contribution is 2.35. The van der Waals surface area contributed by atoms with Crippen LogP contribution in [0.4, 0.5) is 0 Å². The first-order chi connectivity index (χ1) is 38.6. The van der Waals surface area contributed by atoms with Gasteiger partial charge in [0.25, 0.3) is 5.76 Å². The van der Waals surface area contributed by atoms with Gasteiger partial charge in [-0.15, -0.1) is 0 Å². The average molecular weight is 1120 g/mol. The van der Waals surface area contributed by atoms with Gasteiger partial charge in [-0.2, -0.15) is 0 Å². The number of hydrogen-bond donors (Lipinski definition) is 0. The SMILES string of the molecule is CCCCCCCCC(CCCCCC)C(=O)OC[C@H](OC(=O)C(CCCCCC)CCCCCCC)[C@H]1OC(=O)C(OC(=O)C(CCCCCC)CCCCCCCC)=C1OC(=O)C(CCCCCC)CCCCCCCC. The van der Waals surface area contributed by atoms with Crippen molar-refractivity contribution in [1.82, 2.24) is 0 Å². The molecule has 0 saturated heterocycles. The minimum Gasteiger partial charge on any atom is -0.461 e. The van der Waals surface area contributed by atoms with Crippen molar-refractivity contribution < 1.29 is 47.7 Å². The summed E-state index contributed by atoms with van der Waals surface area (Å²) in [6.45, 7) is 17.1. The number of unbranched alkanes of at least 4 members (excludes halogenated alkanes) is 31. The van der Waals surface area contributed by atoms with Gasteiger partial charge in [-0.05, 0) is 51.4 Å². The zero-order chi connectivity index (χ0) is 58.0. The molecule has 1 aliphatic rings. The van der Waals surface area contributed by atoms with E-state index in [4.69, 9.17) is 23.7 Å². The predicted molar refractivity (Wildman–Crippen MR) is 326 cm³/mol. The van der Waals surface area contributed by atoms with Crippen LogP contribution in [-0.4, -0.2) is 48.7 Å². The molecule has 0 amide bonds. The maximum absolute atomic E-state index is 14.8. The Balaban J connectivity index is 4.00. The largest absolute Gasteiger partial charge is 0.461 e. The van der Waals surface area contributed by atoms with Gasteiger partial charge in [0.15, 0.2) is 6.10 Å². The number of hydrogen-bond acceptors (Lipinski definition) is 10. The van der Waals surface area contributed by atoms with Crippen LogP contribution in [0, 0.1) is 23.7 Å². The molecule has 10 heteroatoms. The van der Waals surface area contributed by atoms with Gasteiger partial charge in [0.1, 0.15) is 6.61 Å². The molecule has 0 fully saturated rings. The Hall–Kier alpha value is -2.91. The van der Waals surface area contributed by atoms with Gasteiger partial charge < -0.3 is 23.7 Å². The Bertz CT molecular complexity index is 1540. The quantitative estimate of drug-likeness (QED) is 0.0329. The van der Waals surface area contributed by atoms with Crippen LogP contribution in [0.25, 0.3) is 0 Å². The number of esters is 5. The lowest BCUT2D eigenvalue weighted by molar-refractivity contribution is -0.177. The molecular weight excluding hydrogens is 989 g/mol. The summed E-state index contributed by atoms with van der Waals surface area (Å²) in [6, 6.07) is 0. The van der Waals surface area contributed by atoms with E-state index in [9.17, 15) is 24.0 Å². The van der Waals surface area contributed by atoms with E-state index in [1.54, 1.807) is 0 Å². The summed E-state index contributed by atoms with van der Waals surface area (Å²) >= 11 is 0. The lowest BCUT2D eigenvalue weighted by atomic mass is 9.94. The van der Waals surface area contributed by atoms with E-state index in [-0.39, 0.29) is 17.6 Å². The van der Waals surface area contributed by atoms with Crippen molar-refractivity contribution in [3.63, 3.8) is 0 Å². The van der Waals surface area contributed by atoms with Crippen molar-refractivity contribution in [2.45, 2.75) is 369 Å². The Morgan fingerprint density at radius 1 is 0.342 bits per heavy atom. The first kappa shape index (κ1) is 74.1. The second-order valence-corrected chi connectivity index (χ2v) is 24.0. The molecule has 6 atom stereocenters. The summed E-state index contributed by atoms with van der Waals surface area (Å²) < 4.78 is 31.7. The second-order valence-electron chi connectivity index (χ2n) is 24.0. The molecule has 1 heterocycles. The molecule has 0 spiro atoms. The van der Waals surface area contributed by atoms with E-state index < -0.39 is 66.2 Å². The van der Waals surface area contributed by atoms with Gasteiger partial charge in [-0.25, -0.2) is 4.79 Å². The van der Waals surface area contributed by atoms with Gasteiger partial charge in [0.05, 0.1) is 23.7 Å². The summed E-state index contributed by atoms with van der Waals surface area (Å²) in [5.74, 6) is -5.15. The van der Waals surface area contributed by atoms with Crippen LogP contribution in [-0.2, 0) is 47.7 Å². The van der Waals surface area contributed by atoms with Crippen molar-refractivity contribution in [1.29, 1.82) is 0 Å². The fourth-order valence-corrected chi connectivity index (χ4v) is 11.3. The molecule has 1 aliphatic heterocycles. The van der Waals surface area contributed by atoms with Crippen molar-refractivity contribution >= 4 is 29.8 Å². The fourth-order valence-electron chi connectivity index (χ4n) is 11.3. The molecule has 462 valence electrons. The second kappa shape index (κ2) is 51.9. The third-order valence-corrected chi connectivity index (χ3v) is 16.6. The van der Waals surface area contributed by atoms with Crippen molar-refractivity contribution in [2.24, 2.45) is 23.7 Å². The normalized spacial score (nSPS) is 15.4. The number of rotatable bonds is 57. The summed E-state index contributed by atoms with van der Waals surface area (Å²) in [7, 11) is 0. The summed E-state index contributed by atoms with van der Waals surface area (Å²) in [6.07, 6.45) is 43.4. The Morgan fingerprint density at radius 3 is 0.911 bits per heavy atom. The summed E-state index contributed by atoms with van der Waals surface area (Å²) in [4.78, 5) is 73.1. The predicted octanol–water partition coefficient (Wildman–Crippen LogP) is 20.6. The molecule has 0 aliphatic carbocycles. The number of carbonyl (C=O) groups is 5. The highest BCUT2D eigenvalue weighted by molar-refractivity contribution is 5.93. The molecule has 0 bridgehead atoms. The van der Waals surface area contributed by atoms with Crippen LogP contribution >= 0.6 is 0 Å². The lowest BCUT2D eigenvalue weighted by Gasteiger charge is -2.27. The topological polar surface area (TPSA) is 132 Å². The van der Waals surface area contributed by atoms with E-state index in [2.05, 4.69) is 55.4 Å². The molecule has 4 unspecified atom stereocenters. The number of ether oxygens (including phenoxy) is 5. The minimum atomic E-state index is -1.47. The number of carbonyl (C=O) groups excluding carboxylic acids is 5. The Kier molecular flexibility index (Phi) is 48.7. The molecule has 10 nitrogen and oxygen atoms in total. The van der Waals surface area contributed by atoms with Crippen molar-refractivity contribution in [3.8, 4) is 0 Å². The van der Waals surface area contributed by atoms with Crippen LogP contribution in [0.15, 0.2) is 11.5 Å². The van der Waals surface area contributed by atoms with E-state index in [0.29, 0.717) is 51.4 Å². The van der Waals surface area contributed by atoms with Gasteiger partial charge in [0, 0.05) is 0 Å². The molecule has 0 aromatic rings. The monoisotopic (exact) mass is 1110 g/mol. The molecule has 0 aromatic heterocycles. The van der Waals surface area contributed by atoms with Gasteiger partial charge >= 0.3 is 29.8 Å². The summed E-state index contributed by atoms with van der Waals surface area (Å²) in [5, 5.41) is 0. The smallest absolute Gasteiger partial charge is 0.379 e. The number of cyclic esters (lactones) is 1. The summed E-state index contributed by atoms with van der Waals surface area (Å²) in [5.41, 5.74) is 0. The van der Waals surface area contributed by atoms with Crippen LogP contribution in [0.3, 0.4) is 0 Å². The maximum Gasteiger partial charge on any atom is 0.379 e. The van der Waals surface area contributed by atoms with Gasteiger partial charge in [-0.3, -0.25) is 19.2 Å². The van der Waals surface area contributed by atoms with Crippen molar-refractivity contribution in [3.05, 3.63) is 11.5 Å². The Labute approximate surface area is 486 Å². The zero-order valence-corrected chi connectivity index (χ0v) is 53.0. The van der Waals surface area contributed by atoms with Crippen LogP contribution in [0.5, 0.6) is 0 Å². The van der Waals surface area contributed by atoms with Crippen molar-refractivity contribution in [2.75, 3.05) is 6.61 Å². The van der Waals surface area contributed by atoms with Crippen LogP contribution in [0.1, 0.15) is 357 Å². The van der Waals surface area contributed by atoms with E-state index >= 15 is 0 Å². The average Bonchev–Trinajstić information content (AvgIpc) is 3.74. The first-order valence-electron chi connectivity index (χ1n) is 34.3.